The van der Waals surface area contributed by atoms with Gasteiger partial charge in [0.1, 0.15) is 5.82 Å². The molecule has 37 heavy (non-hydrogen) atoms. The van der Waals surface area contributed by atoms with Crippen molar-refractivity contribution < 1.29 is 0 Å². The molecule has 5 aromatic rings. The SMILES string of the molecule is CN(C)CCNc1nc(N/N=C/c2cn(Cc3ccc(Cl)c(Cl)c3)c3ccccc23)nc2ccccc12. The van der Waals surface area contributed by atoms with Crippen molar-refractivity contribution in [2.24, 2.45) is 5.10 Å². The van der Waals surface area contributed by atoms with Crippen LogP contribution >= 0.6 is 23.2 Å². The number of fused-ring (bicyclic) bond motifs is 2. The third kappa shape index (κ3) is 5.85. The van der Waals surface area contributed by atoms with E-state index >= 15 is 0 Å². The summed E-state index contributed by atoms with van der Waals surface area (Å²) in [5, 5.41) is 11.1. The molecule has 9 heteroatoms. The summed E-state index contributed by atoms with van der Waals surface area (Å²) in [6.07, 6.45) is 3.87. The number of hydrazone groups is 1. The number of nitrogens with one attached hydrogen (secondary N) is 2. The number of hydrogen-bond donors (Lipinski definition) is 2. The Balaban J connectivity index is 1.39. The molecule has 0 saturated heterocycles. The predicted octanol–water partition coefficient (Wildman–Crippen LogP) is 6.36. The lowest BCUT2D eigenvalue weighted by Crippen LogP contribution is -2.21. The van der Waals surface area contributed by atoms with E-state index in [1.807, 2.05) is 68.7 Å². The predicted molar refractivity (Wildman–Crippen MR) is 155 cm³/mol. The molecule has 0 spiro atoms. The first kappa shape index (κ1) is 25.0. The first-order valence-corrected chi connectivity index (χ1v) is 12.7. The minimum atomic E-state index is 0.432. The van der Waals surface area contributed by atoms with Gasteiger partial charge >= 0.3 is 0 Å². The van der Waals surface area contributed by atoms with Crippen LogP contribution in [0.25, 0.3) is 21.8 Å². The van der Waals surface area contributed by atoms with E-state index in [4.69, 9.17) is 23.2 Å². The Bertz CT molecular complexity index is 1580. The van der Waals surface area contributed by atoms with Crippen molar-refractivity contribution in [2.45, 2.75) is 6.54 Å². The van der Waals surface area contributed by atoms with Crippen LogP contribution < -0.4 is 10.7 Å². The van der Waals surface area contributed by atoms with Gasteiger partial charge in [0, 0.05) is 47.7 Å². The maximum absolute atomic E-state index is 6.23. The smallest absolute Gasteiger partial charge is 0.246 e. The Morgan fingerprint density at radius 3 is 2.54 bits per heavy atom. The van der Waals surface area contributed by atoms with Crippen molar-refractivity contribution in [3.8, 4) is 0 Å². The number of benzene rings is 3. The van der Waals surface area contributed by atoms with Gasteiger partial charge in [0.25, 0.3) is 0 Å². The topological polar surface area (TPSA) is 70.4 Å². The number of rotatable bonds is 9. The van der Waals surface area contributed by atoms with E-state index in [1.165, 1.54) is 0 Å². The third-order valence-corrected chi connectivity index (χ3v) is 6.72. The van der Waals surface area contributed by atoms with E-state index in [0.29, 0.717) is 22.5 Å². The highest BCUT2D eigenvalue weighted by atomic mass is 35.5. The van der Waals surface area contributed by atoms with Gasteiger partial charge in [0.2, 0.25) is 5.95 Å². The molecular formula is C28H27Cl2N7. The van der Waals surface area contributed by atoms with Crippen LogP contribution in [0.2, 0.25) is 10.0 Å². The number of anilines is 2. The van der Waals surface area contributed by atoms with Gasteiger partial charge in [0.05, 0.1) is 21.8 Å². The molecule has 2 N–H and O–H groups in total. The lowest BCUT2D eigenvalue weighted by atomic mass is 10.2. The standard InChI is InChI=1S/C28H27Cl2N7/c1-36(2)14-13-31-27-22-8-3-5-9-25(22)33-28(34-27)35-32-16-20-18-37(26-10-6-4-7-21(20)26)17-19-11-12-23(29)24(30)15-19/h3-12,15-16,18H,13-14,17H2,1-2H3,(H2,31,33,34,35)/b32-16+. The second-order valence-electron chi connectivity index (χ2n) is 8.99. The number of halogens is 2. The van der Waals surface area contributed by atoms with Crippen molar-refractivity contribution in [1.82, 2.24) is 19.4 Å². The lowest BCUT2D eigenvalue weighted by Gasteiger charge is -2.13. The molecule has 0 saturated carbocycles. The molecule has 0 radical (unpaired) electrons. The minimum absolute atomic E-state index is 0.432. The van der Waals surface area contributed by atoms with Crippen LogP contribution in [0.15, 0.2) is 78.0 Å². The summed E-state index contributed by atoms with van der Waals surface area (Å²) in [4.78, 5) is 11.4. The summed E-state index contributed by atoms with van der Waals surface area (Å²) in [5.41, 5.74) is 7.01. The molecule has 5 rings (SSSR count). The van der Waals surface area contributed by atoms with Crippen molar-refractivity contribution in [3.05, 3.63) is 94.1 Å². The van der Waals surface area contributed by atoms with Crippen LogP contribution in [0.3, 0.4) is 0 Å². The van der Waals surface area contributed by atoms with Crippen molar-refractivity contribution in [2.75, 3.05) is 37.9 Å². The fraction of sp³-hybridized carbons (Fsp3) is 0.179. The first-order valence-electron chi connectivity index (χ1n) is 11.9. The zero-order valence-corrected chi connectivity index (χ0v) is 22.1. The second-order valence-corrected chi connectivity index (χ2v) is 9.81. The van der Waals surface area contributed by atoms with Crippen LogP contribution in [0.5, 0.6) is 0 Å². The van der Waals surface area contributed by atoms with Gasteiger partial charge in [-0.2, -0.15) is 10.1 Å². The molecule has 7 nitrogen and oxygen atoms in total. The highest BCUT2D eigenvalue weighted by molar-refractivity contribution is 6.42. The van der Waals surface area contributed by atoms with E-state index in [1.54, 1.807) is 6.21 Å². The number of hydrogen-bond acceptors (Lipinski definition) is 6. The van der Waals surface area contributed by atoms with Gasteiger partial charge in [-0.1, -0.05) is 59.6 Å². The average Bonchev–Trinajstić information content (AvgIpc) is 3.23. The van der Waals surface area contributed by atoms with E-state index < -0.39 is 0 Å². The summed E-state index contributed by atoms with van der Waals surface area (Å²) in [6.45, 7) is 2.33. The lowest BCUT2D eigenvalue weighted by molar-refractivity contribution is 0.425. The van der Waals surface area contributed by atoms with Gasteiger partial charge in [0.15, 0.2) is 0 Å². The Labute approximate surface area is 225 Å². The van der Waals surface area contributed by atoms with Crippen molar-refractivity contribution in [1.29, 1.82) is 0 Å². The average molecular weight is 532 g/mol. The van der Waals surface area contributed by atoms with E-state index in [0.717, 1.165) is 51.8 Å². The van der Waals surface area contributed by atoms with Crippen LogP contribution in [-0.2, 0) is 6.54 Å². The fourth-order valence-corrected chi connectivity index (χ4v) is 4.48. The molecular weight excluding hydrogens is 505 g/mol. The summed E-state index contributed by atoms with van der Waals surface area (Å²) >= 11 is 12.3. The van der Waals surface area contributed by atoms with Crippen LogP contribution in [-0.4, -0.2) is 52.8 Å². The van der Waals surface area contributed by atoms with Gasteiger partial charge < -0.3 is 14.8 Å². The molecule has 2 aromatic heterocycles. The van der Waals surface area contributed by atoms with Gasteiger partial charge in [-0.05, 0) is 50.0 Å². The molecule has 0 fully saturated rings. The first-order chi connectivity index (χ1) is 18.0. The van der Waals surface area contributed by atoms with Gasteiger partial charge in [-0.3, -0.25) is 0 Å². The Morgan fingerprint density at radius 1 is 0.946 bits per heavy atom. The van der Waals surface area contributed by atoms with E-state index in [2.05, 4.69) is 53.6 Å². The number of likely N-dealkylation sites (N-methyl/N-ethyl adjacent to an activating group) is 1. The second kappa shape index (κ2) is 11.2. The Hall–Kier alpha value is -3.65. The minimum Gasteiger partial charge on any atom is -0.368 e. The fourth-order valence-electron chi connectivity index (χ4n) is 4.16. The van der Waals surface area contributed by atoms with Crippen molar-refractivity contribution in [3.63, 3.8) is 0 Å². The summed E-state index contributed by atoms with van der Waals surface area (Å²) in [6, 6.07) is 21.9. The highest BCUT2D eigenvalue weighted by Gasteiger charge is 2.10. The Morgan fingerprint density at radius 2 is 1.73 bits per heavy atom. The maximum atomic E-state index is 6.23. The molecule has 2 heterocycles. The number of para-hydroxylation sites is 2. The van der Waals surface area contributed by atoms with Crippen molar-refractivity contribution >= 4 is 63.0 Å². The van der Waals surface area contributed by atoms with E-state index in [9.17, 15) is 0 Å². The zero-order valence-electron chi connectivity index (χ0n) is 20.6. The number of nitrogens with zero attached hydrogens (tertiary/aromatic N) is 5. The van der Waals surface area contributed by atoms with Crippen LogP contribution in [0.4, 0.5) is 11.8 Å². The zero-order chi connectivity index (χ0) is 25.8. The van der Waals surface area contributed by atoms with Crippen LogP contribution in [0.1, 0.15) is 11.1 Å². The number of aromatic nitrogens is 3. The largest absolute Gasteiger partial charge is 0.368 e. The van der Waals surface area contributed by atoms with Gasteiger partial charge in [-0.15, -0.1) is 0 Å². The Kier molecular flexibility index (Phi) is 7.55. The molecule has 0 aliphatic carbocycles. The van der Waals surface area contributed by atoms with Crippen LogP contribution in [0, 0.1) is 0 Å². The molecule has 188 valence electrons. The third-order valence-electron chi connectivity index (χ3n) is 5.98. The monoisotopic (exact) mass is 531 g/mol. The molecule has 0 aliphatic rings. The molecule has 0 amide bonds. The summed E-state index contributed by atoms with van der Waals surface area (Å²) < 4.78 is 2.18. The normalized spacial score (nSPS) is 11.7. The summed E-state index contributed by atoms with van der Waals surface area (Å²) in [7, 11) is 4.09. The molecule has 0 aliphatic heterocycles. The molecule has 0 atom stereocenters. The summed E-state index contributed by atoms with van der Waals surface area (Å²) in [5.74, 6) is 1.21. The molecule has 0 bridgehead atoms. The highest BCUT2D eigenvalue weighted by Crippen LogP contribution is 2.26. The molecule has 3 aromatic carbocycles. The molecule has 0 unspecified atom stereocenters. The van der Waals surface area contributed by atoms with E-state index in [-0.39, 0.29) is 0 Å². The van der Waals surface area contributed by atoms with Gasteiger partial charge in [-0.25, -0.2) is 10.4 Å². The maximum Gasteiger partial charge on any atom is 0.246 e. The quantitative estimate of drug-likeness (QED) is 0.171.